The van der Waals surface area contributed by atoms with E-state index in [0.717, 1.165) is 11.1 Å². The zero-order chi connectivity index (χ0) is 18.3. The summed E-state index contributed by atoms with van der Waals surface area (Å²) in [6, 6.07) is 16.9. The smallest absolute Gasteiger partial charge is 0.414 e. The third kappa shape index (κ3) is 2.39. The Kier molecular flexibility index (Phi) is 3.65. The Bertz CT molecular complexity index is 1060. The second kappa shape index (κ2) is 6.00. The maximum atomic E-state index is 12.7. The van der Waals surface area contributed by atoms with Crippen LogP contribution >= 0.6 is 0 Å². The molecule has 3 N–H and O–H groups in total. The highest BCUT2D eigenvalue weighted by Crippen LogP contribution is 2.37. The van der Waals surface area contributed by atoms with Crippen LogP contribution in [0.25, 0.3) is 11.1 Å². The molecule has 0 radical (unpaired) electrons. The number of aromatic nitrogens is 1. The van der Waals surface area contributed by atoms with E-state index in [1.54, 1.807) is 36.4 Å². The molecule has 0 atom stereocenters. The fraction of sp³-hybridized carbons (Fsp3) is 0.0500. The van der Waals surface area contributed by atoms with Gasteiger partial charge in [0.1, 0.15) is 6.54 Å². The molecule has 0 spiro atoms. The molecule has 1 aliphatic carbocycles. The molecule has 1 heterocycles. The van der Waals surface area contributed by atoms with Crippen LogP contribution in [0.1, 0.15) is 32.0 Å². The summed E-state index contributed by atoms with van der Waals surface area (Å²) in [6.45, 7) is -0.00542. The van der Waals surface area contributed by atoms with Crippen molar-refractivity contribution >= 4 is 11.7 Å². The summed E-state index contributed by atoms with van der Waals surface area (Å²) in [7, 11) is 0. The number of hydrogen-bond donors (Lipinski definition) is 3. The number of benzene rings is 2. The van der Waals surface area contributed by atoms with Crippen molar-refractivity contribution in [3.8, 4) is 17.0 Å². The number of pyridine rings is 1. The number of aromatic hydroxyl groups is 1. The molecule has 0 aliphatic heterocycles. The normalized spacial score (nSPS) is 11.8. The molecule has 1 aliphatic rings. The zero-order valence-electron chi connectivity index (χ0n) is 13.6. The van der Waals surface area contributed by atoms with E-state index >= 15 is 0 Å². The van der Waals surface area contributed by atoms with Crippen LogP contribution < -0.4 is 10.0 Å². The van der Waals surface area contributed by atoms with E-state index in [1.807, 2.05) is 18.2 Å². The number of rotatable bonds is 3. The maximum absolute atomic E-state index is 12.7. The average molecular weight is 347 g/mol. The summed E-state index contributed by atoms with van der Waals surface area (Å²) < 4.78 is 0.594. The van der Waals surface area contributed by atoms with E-state index < -0.39 is 5.91 Å². The molecule has 6 heteroatoms. The number of nitrogens with one attached hydrogen (secondary N) is 1. The van der Waals surface area contributed by atoms with Gasteiger partial charge in [-0.25, -0.2) is 0 Å². The third-order valence-electron chi connectivity index (χ3n) is 4.45. The van der Waals surface area contributed by atoms with E-state index in [9.17, 15) is 19.9 Å². The number of carbonyl (C=O) groups is 2. The van der Waals surface area contributed by atoms with Gasteiger partial charge in [-0.2, -0.15) is 0 Å². The molecule has 0 fully saturated rings. The molecule has 4 rings (SSSR count). The lowest BCUT2D eigenvalue weighted by Gasteiger charge is -2.08. The van der Waals surface area contributed by atoms with Gasteiger partial charge in [0.25, 0.3) is 11.6 Å². The summed E-state index contributed by atoms with van der Waals surface area (Å²) in [5.74, 6) is -0.926. The maximum Gasteiger partial charge on any atom is 0.414 e. The van der Waals surface area contributed by atoms with Crippen LogP contribution in [0.2, 0.25) is 0 Å². The zero-order valence-corrected chi connectivity index (χ0v) is 13.6. The lowest BCUT2D eigenvalue weighted by atomic mass is 10.0. The quantitative estimate of drug-likeness (QED) is 0.391. The Balaban J connectivity index is 1.65. The standard InChI is InChI=1S/C20H14N2O4/c23-17-10-3-5-12(22(17)26)11-21-20(25)16-9-4-8-14-13-6-1-2-7-15(13)19(24)18(14)16/h1-10,26H,11H2,(H,21,25)/p+1. The average Bonchev–Trinajstić information content (AvgIpc) is 2.96. The number of carbonyl (C=O) groups excluding carboxylic acids is 2. The Morgan fingerprint density at radius 1 is 0.923 bits per heavy atom. The highest BCUT2D eigenvalue weighted by atomic mass is 16.5. The second-order valence-electron chi connectivity index (χ2n) is 5.97. The minimum atomic E-state index is -0.425. The van der Waals surface area contributed by atoms with E-state index in [-0.39, 0.29) is 23.8 Å². The van der Waals surface area contributed by atoms with Crippen molar-refractivity contribution < 1.29 is 24.6 Å². The SMILES string of the molecule is O=C(NCc1cccc(O)[n+]1O)c1cccc2c1C(=O)c1ccccc1-2. The highest BCUT2D eigenvalue weighted by molar-refractivity contribution is 6.25. The Morgan fingerprint density at radius 2 is 1.62 bits per heavy atom. The van der Waals surface area contributed by atoms with Crippen molar-refractivity contribution in [2.75, 3.05) is 0 Å². The molecule has 128 valence electrons. The largest absolute Gasteiger partial charge is 0.457 e. The number of ketones is 1. The lowest BCUT2D eigenvalue weighted by Crippen LogP contribution is -2.38. The van der Waals surface area contributed by atoms with Gasteiger partial charge >= 0.3 is 5.88 Å². The first-order chi connectivity index (χ1) is 12.6. The summed E-state index contributed by atoms with van der Waals surface area (Å²) >= 11 is 0. The lowest BCUT2D eigenvalue weighted by molar-refractivity contribution is -0.911. The summed E-state index contributed by atoms with van der Waals surface area (Å²) in [5, 5.41) is 21.9. The van der Waals surface area contributed by atoms with Crippen molar-refractivity contribution in [3.63, 3.8) is 0 Å². The predicted octanol–water partition coefficient (Wildman–Crippen LogP) is 2.06. The number of fused-ring (bicyclic) bond motifs is 3. The van der Waals surface area contributed by atoms with Gasteiger partial charge in [0.15, 0.2) is 5.78 Å². The van der Waals surface area contributed by atoms with Gasteiger partial charge in [-0.05, 0) is 23.3 Å². The van der Waals surface area contributed by atoms with E-state index in [0.29, 0.717) is 21.6 Å². The van der Waals surface area contributed by atoms with Crippen LogP contribution in [0.4, 0.5) is 0 Å². The number of nitrogens with zero attached hydrogens (tertiary/aromatic N) is 1. The second-order valence-corrected chi connectivity index (χ2v) is 5.97. The van der Waals surface area contributed by atoms with Crippen LogP contribution in [-0.2, 0) is 6.54 Å². The van der Waals surface area contributed by atoms with Crippen molar-refractivity contribution in [1.29, 1.82) is 0 Å². The Morgan fingerprint density at radius 3 is 2.42 bits per heavy atom. The van der Waals surface area contributed by atoms with Crippen LogP contribution in [-0.4, -0.2) is 22.0 Å². The van der Waals surface area contributed by atoms with Crippen LogP contribution in [0.3, 0.4) is 0 Å². The molecule has 26 heavy (non-hydrogen) atoms. The molecule has 0 saturated carbocycles. The molecule has 2 aromatic carbocycles. The monoisotopic (exact) mass is 347 g/mol. The van der Waals surface area contributed by atoms with Gasteiger partial charge in [0.2, 0.25) is 0 Å². The van der Waals surface area contributed by atoms with Crippen molar-refractivity contribution in [2.24, 2.45) is 0 Å². The number of amides is 1. The van der Waals surface area contributed by atoms with Crippen LogP contribution in [0.5, 0.6) is 5.88 Å². The van der Waals surface area contributed by atoms with Gasteiger partial charge < -0.3 is 10.4 Å². The molecule has 6 nitrogen and oxygen atoms in total. The number of hydrogen-bond acceptors (Lipinski definition) is 4. The first-order valence-corrected chi connectivity index (χ1v) is 8.05. The van der Waals surface area contributed by atoms with E-state index in [1.165, 1.54) is 6.07 Å². The first kappa shape index (κ1) is 15.8. The fourth-order valence-corrected chi connectivity index (χ4v) is 3.19. The fourth-order valence-electron chi connectivity index (χ4n) is 3.19. The minimum absolute atomic E-state index is 0.00542. The van der Waals surface area contributed by atoms with Crippen molar-refractivity contribution in [1.82, 2.24) is 5.32 Å². The molecule has 1 amide bonds. The molecule has 0 bridgehead atoms. The predicted molar refractivity (Wildman–Crippen MR) is 92.0 cm³/mol. The van der Waals surface area contributed by atoms with Gasteiger partial charge in [-0.3, -0.25) is 14.8 Å². The first-order valence-electron chi connectivity index (χ1n) is 8.05. The van der Waals surface area contributed by atoms with E-state index in [4.69, 9.17) is 0 Å². The van der Waals surface area contributed by atoms with Gasteiger partial charge in [-0.1, -0.05) is 36.4 Å². The summed E-state index contributed by atoms with van der Waals surface area (Å²) in [5.41, 5.74) is 3.13. The molecular formula is C20H15N2O4+. The molecule has 0 unspecified atom stereocenters. The van der Waals surface area contributed by atoms with E-state index in [2.05, 4.69) is 5.32 Å². The molecular weight excluding hydrogens is 332 g/mol. The topological polar surface area (TPSA) is 90.5 Å². The van der Waals surface area contributed by atoms with Gasteiger partial charge in [0, 0.05) is 17.2 Å². The van der Waals surface area contributed by atoms with Gasteiger partial charge in [-0.15, -0.1) is 0 Å². The molecule has 3 aromatic rings. The summed E-state index contributed by atoms with van der Waals surface area (Å²) in [4.78, 5) is 25.4. The third-order valence-corrected chi connectivity index (χ3v) is 4.45. The molecule has 1 aromatic heterocycles. The van der Waals surface area contributed by atoms with Gasteiger partial charge in [0.05, 0.1) is 16.4 Å². The Hall–Kier alpha value is -3.67. The van der Waals surface area contributed by atoms with Crippen LogP contribution in [0, 0.1) is 0 Å². The molecule has 0 saturated heterocycles. The summed E-state index contributed by atoms with van der Waals surface area (Å²) in [6.07, 6.45) is 0. The van der Waals surface area contributed by atoms with Crippen molar-refractivity contribution in [3.05, 3.63) is 83.0 Å². The Labute approximate surface area is 148 Å². The van der Waals surface area contributed by atoms with Crippen LogP contribution in [0.15, 0.2) is 60.7 Å². The minimum Gasteiger partial charge on any atom is -0.457 e. The van der Waals surface area contributed by atoms with Crippen molar-refractivity contribution in [2.45, 2.75) is 6.54 Å². The highest BCUT2D eigenvalue weighted by Gasteiger charge is 2.30.